The number of imide groups is 1. The van der Waals surface area contributed by atoms with Crippen LogP contribution >= 0.6 is 0 Å². The molecule has 2 atom stereocenters. The predicted octanol–water partition coefficient (Wildman–Crippen LogP) is 0.0930. The summed E-state index contributed by atoms with van der Waals surface area (Å²) in [6.45, 7) is 1.98. The molecule has 7 heteroatoms. The van der Waals surface area contributed by atoms with E-state index >= 15 is 0 Å². The molecule has 7 nitrogen and oxygen atoms in total. The van der Waals surface area contributed by atoms with Gasteiger partial charge in [-0.3, -0.25) is 9.59 Å². The lowest BCUT2D eigenvalue weighted by atomic mass is 9.97. The molecule has 2 aliphatic carbocycles. The molecule has 4 N–H and O–H groups in total. The average Bonchev–Trinajstić information content (AvgIpc) is 3.18. The molecule has 2 saturated carbocycles. The van der Waals surface area contributed by atoms with E-state index in [1.807, 2.05) is 0 Å². The number of hydrogen-bond acceptors (Lipinski definition) is 4. The second-order valence-electron chi connectivity index (χ2n) is 6.76. The first-order valence-corrected chi connectivity index (χ1v) is 8.15. The van der Waals surface area contributed by atoms with Gasteiger partial charge in [-0.2, -0.15) is 0 Å². The summed E-state index contributed by atoms with van der Waals surface area (Å²) in [4.78, 5) is 38.3. The molecule has 3 fully saturated rings. The van der Waals surface area contributed by atoms with Gasteiger partial charge in [0.15, 0.2) is 0 Å². The van der Waals surface area contributed by atoms with Crippen LogP contribution in [0.5, 0.6) is 0 Å². The Morgan fingerprint density at radius 1 is 1.41 bits per heavy atom. The summed E-state index contributed by atoms with van der Waals surface area (Å²) in [5.74, 6) is -0.125. The molecule has 1 spiro atoms. The van der Waals surface area contributed by atoms with Crippen molar-refractivity contribution < 1.29 is 14.4 Å². The fourth-order valence-corrected chi connectivity index (χ4v) is 3.60. The van der Waals surface area contributed by atoms with Gasteiger partial charge >= 0.3 is 6.03 Å². The van der Waals surface area contributed by atoms with Crippen molar-refractivity contribution in [1.82, 2.24) is 15.5 Å². The molecule has 0 aromatic carbocycles. The molecule has 3 rings (SSSR count). The van der Waals surface area contributed by atoms with E-state index in [9.17, 15) is 14.4 Å². The molecule has 4 amide bonds. The quantitative estimate of drug-likeness (QED) is 0.626. The van der Waals surface area contributed by atoms with Gasteiger partial charge in [-0.05, 0) is 38.5 Å². The zero-order valence-corrected chi connectivity index (χ0v) is 12.9. The van der Waals surface area contributed by atoms with Gasteiger partial charge in [0, 0.05) is 12.6 Å². The molecule has 3 aliphatic rings. The van der Waals surface area contributed by atoms with E-state index in [1.54, 1.807) is 6.92 Å². The lowest BCUT2D eigenvalue weighted by molar-refractivity contribution is -0.138. The number of carbonyl (C=O) groups excluding carboxylic acids is 3. The van der Waals surface area contributed by atoms with E-state index in [2.05, 4.69) is 10.6 Å². The fourth-order valence-electron chi connectivity index (χ4n) is 3.60. The van der Waals surface area contributed by atoms with Crippen molar-refractivity contribution in [2.75, 3.05) is 6.54 Å². The van der Waals surface area contributed by atoms with Gasteiger partial charge in [0.25, 0.3) is 5.91 Å². The van der Waals surface area contributed by atoms with Crippen LogP contribution < -0.4 is 16.4 Å². The van der Waals surface area contributed by atoms with E-state index in [4.69, 9.17) is 5.73 Å². The zero-order valence-electron chi connectivity index (χ0n) is 12.9. The predicted molar refractivity (Wildman–Crippen MR) is 79.7 cm³/mol. The van der Waals surface area contributed by atoms with Crippen molar-refractivity contribution in [2.24, 2.45) is 11.7 Å². The van der Waals surface area contributed by atoms with Gasteiger partial charge in [0.2, 0.25) is 5.91 Å². The number of carbonyl (C=O) groups is 3. The highest BCUT2D eigenvalue weighted by Gasteiger charge is 2.54. The first kappa shape index (κ1) is 15.3. The van der Waals surface area contributed by atoms with Gasteiger partial charge < -0.3 is 16.4 Å². The van der Waals surface area contributed by atoms with E-state index in [1.165, 1.54) is 0 Å². The second kappa shape index (κ2) is 5.53. The molecule has 1 aliphatic heterocycles. The van der Waals surface area contributed by atoms with Crippen LogP contribution in [-0.4, -0.2) is 46.9 Å². The van der Waals surface area contributed by atoms with E-state index in [0.29, 0.717) is 25.3 Å². The zero-order chi connectivity index (χ0) is 15.9. The van der Waals surface area contributed by atoms with Crippen LogP contribution in [0.25, 0.3) is 0 Å². The molecule has 0 aromatic rings. The van der Waals surface area contributed by atoms with Crippen molar-refractivity contribution in [1.29, 1.82) is 0 Å². The smallest absolute Gasteiger partial charge is 0.325 e. The highest BCUT2D eigenvalue weighted by molar-refractivity contribution is 6.10. The average molecular weight is 308 g/mol. The number of hydrogen-bond donors (Lipinski definition) is 3. The fraction of sp³-hybridized carbons (Fsp3) is 0.800. The minimum absolute atomic E-state index is 0.0591. The first-order valence-electron chi connectivity index (χ1n) is 8.15. The van der Waals surface area contributed by atoms with Gasteiger partial charge in [-0.25, -0.2) is 9.69 Å². The summed E-state index contributed by atoms with van der Waals surface area (Å²) in [6, 6.07) is -1.32. The van der Waals surface area contributed by atoms with Gasteiger partial charge in [-0.1, -0.05) is 12.8 Å². The Kier molecular flexibility index (Phi) is 3.84. The van der Waals surface area contributed by atoms with Crippen LogP contribution in [0, 0.1) is 5.92 Å². The molecular formula is C15H24N4O3. The van der Waals surface area contributed by atoms with Crippen molar-refractivity contribution in [2.45, 2.75) is 63.1 Å². The maximum absolute atomic E-state index is 12.6. The molecule has 22 heavy (non-hydrogen) atoms. The molecule has 1 heterocycles. The topological polar surface area (TPSA) is 105 Å². The van der Waals surface area contributed by atoms with Gasteiger partial charge in [0.1, 0.15) is 11.6 Å². The maximum atomic E-state index is 12.6. The third-order valence-corrected chi connectivity index (χ3v) is 5.19. The Morgan fingerprint density at radius 3 is 2.59 bits per heavy atom. The number of nitrogens with one attached hydrogen (secondary N) is 2. The van der Waals surface area contributed by atoms with Crippen LogP contribution in [0.3, 0.4) is 0 Å². The minimum atomic E-state index is -0.805. The van der Waals surface area contributed by atoms with E-state index in [0.717, 1.165) is 30.6 Å². The molecule has 2 unspecified atom stereocenters. The van der Waals surface area contributed by atoms with E-state index in [-0.39, 0.29) is 17.9 Å². The maximum Gasteiger partial charge on any atom is 0.325 e. The largest absolute Gasteiger partial charge is 0.350 e. The first-order chi connectivity index (χ1) is 10.5. The highest BCUT2D eigenvalue weighted by atomic mass is 16.2. The lowest BCUT2D eigenvalue weighted by Gasteiger charge is -2.25. The number of nitrogens with two attached hydrogens (primary N) is 1. The molecule has 0 aromatic heterocycles. The summed E-state index contributed by atoms with van der Waals surface area (Å²) >= 11 is 0. The summed E-state index contributed by atoms with van der Waals surface area (Å²) < 4.78 is 0. The third kappa shape index (κ3) is 2.47. The number of amides is 4. The van der Waals surface area contributed by atoms with Crippen LogP contribution in [-0.2, 0) is 9.59 Å². The Labute approximate surface area is 130 Å². The number of nitrogens with zero attached hydrogens (tertiary/aromatic N) is 1. The second-order valence-corrected chi connectivity index (χ2v) is 6.76. The van der Waals surface area contributed by atoms with Crippen molar-refractivity contribution in [3.8, 4) is 0 Å². The number of urea groups is 1. The summed E-state index contributed by atoms with van der Waals surface area (Å²) in [5.41, 5.74) is 4.92. The van der Waals surface area contributed by atoms with E-state index < -0.39 is 17.6 Å². The normalized spacial score (nSPS) is 26.2. The Hall–Kier alpha value is -1.63. The Morgan fingerprint density at radius 2 is 2.05 bits per heavy atom. The summed E-state index contributed by atoms with van der Waals surface area (Å²) in [7, 11) is 0. The molecule has 1 saturated heterocycles. The summed E-state index contributed by atoms with van der Waals surface area (Å²) in [6.07, 6.45) is 5.33. The van der Waals surface area contributed by atoms with Crippen molar-refractivity contribution in [3.63, 3.8) is 0 Å². The SMILES string of the molecule is CC(C(=O)NC(CN)C1CC1)N1C(=O)NC2(CCCC2)C1=O. The van der Waals surface area contributed by atoms with Crippen LogP contribution in [0.4, 0.5) is 4.79 Å². The lowest BCUT2D eigenvalue weighted by Crippen LogP contribution is -2.53. The minimum Gasteiger partial charge on any atom is -0.350 e. The molecular weight excluding hydrogens is 284 g/mol. The van der Waals surface area contributed by atoms with Gasteiger partial charge in [-0.15, -0.1) is 0 Å². The molecule has 122 valence electrons. The standard InChI is InChI=1S/C15H24N4O3/c1-9(12(20)17-11(8-16)10-4-5-10)19-13(21)15(18-14(19)22)6-2-3-7-15/h9-11H,2-8,16H2,1H3,(H,17,20)(H,18,22). The monoisotopic (exact) mass is 308 g/mol. The van der Waals surface area contributed by atoms with Crippen LogP contribution in [0.1, 0.15) is 45.4 Å². The number of rotatable bonds is 5. The Bertz CT molecular complexity index is 497. The molecule has 0 radical (unpaired) electrons. The highest BCUT2D eigenvalue weighted by Crippen LogP contribution is 2.36. The Balaban J connectivity index is 1.68. The summed E-state index contributed by atoms with van der Waals surface area (Å²) in [5, 5.41) is 5.69. The van der Waals surface area contributed by atoms with Crippen LogP contribution in [0.15, 0.2) is 0 Å². The third-order valence-electron chi connectivity index (χ3n) is 5.19. The van der Waals surface area contributed by atoms with Crippen molar-refractivity contribution >= 4 is 17.8 Å². The van der Waals surface area contributed by atoms with Crippen molar-refractivity contribution in [3.05, 3.63) is 0 Å². The van der Waals surface area contributed by atoms with Crippen LogP contribution in [0.2, 0.25) is 0 Å². The molecule has 0 bridgehead atoms. The van der Waals surface area contributed by atoms with Gasteiger partial charge in [0.05, 0.1) is 0 Å².